The molecule has 0 fully saturated rings. The maximum absolute atomic E-state index is 11.1. The van der Waals surface area contributed by atoms with E-state index in [-0.39, 0.29) is 47.5 Å². The number of halogens is 2. The van der Waals surface area contributed by atoms with E-state index >= 15 is 0 Å². The fourth-order valence-electron chi connectivity index (χ4n) is 2.93. The van der Waals surface area contributed by atoms with E-state index in [2.05, 4.69) is 9.98 Å². The minimum atomic E-state index is -0.773. The monoisotopic (exact) mass is 608 g/mol. The molecule has 200 valence electrons. The molecule has 15 nitrogen and oxygen atoms in total. The second-order valence-corrected chi connectivity index (χ2v) is 8.88. The van der Waals surface area contributed by atoms with E-state index in [0.717, 1.165) is 36.4 Å². The summed E-state index contributed by atoms with van der Waals surface area (Å²) >= 11 is 0.194. The minimum absolute atomic E-state index is 0.0318. The zero-order valence-corrected chi connectivity index (χ0v) is 21.7. The number of hydrogen-bond donors (Lipinski definition) is 0. The molecule has 0 saturated heterocycles. The third kappa shape index (κ3) is 8.14. The Morgan fingerprint density at radius 1 is 0.658 bits per heavy atom. The van der Waals surface area contributed by atoms with Gasteiger partial charge in [0, 0.05) is 24.3 Å². The first-order valence-corrected chi connectivity index (χ1v) is 12.8. The summed E-state index contributed by atoms with van der Waals surface area (Å²) in [5, 5.41) is 44.2. The molecule has 0 amide bonds. The SMILES string of the molecule is CC(=Nc1cc([N+](=O)[O-])cc([N+](=O)[O-])c1)c1ccc(C(C)=Nc2cc([N+](=O)[O-])cc([N+](=O)[O-])c2)o1.[Cl][Fe][Cl]. The van der Waals surface area contributed by atoms with Crippen molar-refractivity contribution in [3.63, 3.8) is 0 Å². The van der Waals surface area contributed by atoms with Crippen LogP contribution in [0.1, 0.15) is 25.4 Å². The Bertz CT molecular complexity index is 1300. The van der Waals surface area contributed by atoms with Crippen LogP contribution in [0, 0.1) is 40.5 Å². The molecule has 0 spiro atoms. The summed E-state index contributed by atoms with van der Waals surface area (Å²) < 4.78 is 5.67. The molecule has 0 atom stereocenters. The van der Waals surface area contributed by atoms with Gasteiger partial charge in [0.05, 0.1) is 54.6 Å². The van der Waals surface area contributed by atoms with Gasteiger partial charge in [-0.05, 0) is 26.0 Å². The predicted octanol–water partition coefficient (Wildman–Crippen LogP) is 6.57. The first-order valence-electron chi connectivity index (χ1n) is 9.80. The van der Waals surface area contributed by atoms with Crippen LogP contribution in [-0.2, 0) is 13.1 Å². The maximum atomic E-state index is 11.1. The molecule has 0 aliphatic heterocycles. The molecule has 1 aromatic heterocycles. The van der Waals surface area contributed by atoms with Gasteiger partial charge >= 0.3 is 33.3 Å². The molecular weight excluding hydrogens is 595 g/mol. The Labute approximate surface area is 227 Å². The van der Waals surface area contributed by atoms with E-state index in [1.807, 2.05) is 0 Å². The van der Waals surface area contributed by atoms with Gasteiger partial charge < -0.3 is 4.42 Å². The topological polar surface area (TPSA) is 210 Å². The number of benzene rings is 2. The number of nitro benzene ring substituents is 4. The molecule has 0 aliphatic rings. The summed E-state index contributed by atoms with van der Waals surface area (Å²) in [5.74, 6) is 0.433. The molecular formula is C20H14Cl2FeN6O9. The van der Waals surface area contributed by atoms with Crippen molar-refractivity contribution in [1.29, 1.82) is 0 Å². The molecule has 0 radical (unpaired) electrons. The van der Waals surface area contributed by atoms with Gasteiger partial charge in [-0.25, -0.2) is 9.98 Å². The summed E-state index contributed by atoms with van der Waals surface area (Å²) in [4.78, 5) is 49.5. The molecule has 1 heterocycles. The number of aliphatic imine (C=N–C) groups is 2. The van der Waals surface area contributed by atoms with Crippen molar-refractivity contribution >= 4 is 65.7 Å². The summed E-state index contributed by atoms with van der Waals surface area (Å²) in [6.45, 7) is 3.04. The normalized spacial score (nSPS) is 11.5. The van der Waals surface area contributed by atoms with Gasteiger partial charge in [-0.3, -0.25) is 40.5 Å². The molecule has 3 aromatic rings. The van der Waals surface area contributed by atoms with Gasteiger partial charge in [0.15, 0.2) is 0 Å². The number of rotatable bonds is 8. The van der Waals surface area contributed by atoms with Gasteiger partial charge in [0.2, 0.25) is 0 Å². The van der Waals surface area contributed by atoms with Crippen molar-refractivity contribution in [3.8, 4) is 0 Å². The average Bonchev–Trinajstić information content (AvgIpc) is 3.35. The fraction of sp³-hybridized carbons (Fsp3) is 0.100. The first kappa shape index (κ1) is 30.0. The summed E-state index contributed by atoms with van der Waals surface area (Å²) in [6, 6.07) is 8.94. The Balaban J connectivity index is 0.00000161. The van der Waals surface area contributed by atoms with Gasteiger partial charge in [-0.2, -0.15) is 0 Å². The fourth-order valence-corrected chi connectivity index (χ4v) is 2.93. The second-order valence-electron chi connectivity index (χ2n) is 7.05. The van der Waals surface area contributed by atoms with Crippen LogP contribution < -0.4 is 0 Å². The molecule has 0 aliphatic carbocycles. The number of hydrogen-bond acceptors (Lipinski definition) is 11. The molecule has 0 saturated carbocycles. The van der Waals surface area contributed by atoms with Gasteiger partial charge in [-0.15, -0.1) is 0 Å². The number of nitro groups is 4. The Morgan fingerprint density at radius 3 is 1.16 bits per heavy atom. The van der Waals surface area contributed by atoms with E-state index < -0.39 is 42.4 Å². The molecule has 2 aromatic carbocycles. The Kier molecular flexibility index (Phi) is 10.5. The van der Waals surface area contributed by atoms with Gasteiger partial charge in [-0.1, -0.05) is 0 Å². The van der Waals surface area contributed by atoms with E-state index in [4.69, 9.17) is 24.6 Å². The first-order chi connectivity index (χ1) is 17.9. The molecule has 3 rings (SSSR count). The average molecular weight is 609 g/mol. The Hall–Kier alpha value is -4.24. The molecule has 0 bridgehead atoms. The van der Waals surface area contributed by atoms with Crippen LogP contribution in [0.3, 0.4) is 0 Å². The molecule has 18 heteroatoms. The quantitative estimate of drug-likeness (QED) is 0.117. The molecule has 38 heavy (non-hydrogen) atoms. The van der Waals surface area contributed by atoms with Crippen LogP contribution in [0.2, 0.25) is 0 Å². The van der Waals surface area contributed by atoms with Gasteiger partial charge in [0.1, 0.15) is 11.5 Å². The van der Waals surface area contributed by atoms with Crippen LogP contribution in [0.15, 0.2) is 62.9 Å². The number of nitrogens with zero attached hydrogens (tertiary/aromatic N) is 6. The van der Waals surface area contributed by atoms with Crippen LogP contribution in [0.4, 0.5) is 34.1 Å². The van der Waals surface area contributed by atoms with Crippen molar-refractivity contribution in [2.24, 2.45) is 9.98 Å². The summed E-state index contributed by atoms with van der Waals surface area (Å²) in [5.41, 5.74) is -1.58. The molecule has 0 N–H and O–H groups in total. The van der Waals surface area contributed by atoms with Crippen molar-refractivity contribution < 1.29 is 37.2 Å². The Morgan fingerprint density at radius 2 is 0.921 bits per heavy atom. The summed E-state index contributed by atoms with van der Waals surface area (Å²) in [7, 11) is 9.53. The van der Waals surface area contributed by atoms with Crippen LogP contribution in [0.25, 0.3) is 0 Å². The molecule has 0 unspecified atom stereocenters. The second kappa shape index (κ2) is 13.3. The third-order valence-electron chi connectivity index (χ3n) is 4.53. The standard InChI is InChI=1S/C20H14N6O9.2ClH.Fe/c1-11(21-13-5-15(23(27)28)9-16(6-13)24(29)30)19-3-4-20(35-19)12(2)22-14-7-17(25(31)32)10-18(8-14)26(33)34;;;/h3-10H,1-2H3;2*1H;/q;;;+2/p-2. The predicted molar refractivity (Wildman–Crippen MR) is 134 cm³/mol. The number of non-ortho nitro benzene ring substituents is 4. The van der Waals surface area contributed by atoms with Crippen molar-refractivity contribution in [1.82, 2.24) is 0 Å². The van der Waals surface area contributed by atoms with Gasteiger partial charge in [0.25, 0.3) is 22.7 Å². The van der Waals surface area contributed by atoms with E-state index in [0.29, 0.717) is 0 Å². The zero-order chi connectivity index (χ0) is 28.6. The van der Waals surface area contributed by atoms with Crippen LogP contribution in [-0.4, -0.2) is 31.1 Å². The van der Waals surface area contributed by atoms with Crippen LogP contribution >= 0.6 is 20.2 Å². The van der Waals surface area contributed by atoms with E-state index in [1.54, 1.807) is 0 Å². The van der Waals surface area contributed by atoms with E-state index in [1.165, 1.54) is 26.0 Å². The third-order valence-corrected chi connectivity index (χ3v) is 4.53. The van der Waals surface area contributed by atoms with E-state index in [9.17, 15) is 40.5 Å². The number of furan rings is 1. The van der Waals surface area contributed by atoms with Crippen molar-refractivity contribution in [2.75, 3.05) is 0 Å². The van der Waals surface area contributed by atoms with Crippen molar-refractivity contribution in [3.05, 3.63) is 101 Å². The summed E-state index contributed by atoms with van der Waals surface area (Å²) in [6.07, 6.45) is 0. The zero-order valence-electron chi connectivity index (χ0n) is 19.1. The van der Waals surface area contributed by atoms with Crippen molar-refractivity contribution in [2.45, 2.75) is 13.8 Å². The van der Waals surface area contributed by atoms with Crippen LogP contribution in [0.5, 0.6) is 0 Å².